The Bertz CT molecular complexity index is 1390. The molecule has 0 saturated carbocycles. The molecule has 43 heavy (non-hydrogen) atoms. The highest BCUT2D eigenvalue weighted by Crippen LogP contribution is 2.49. The van der Waals surface area contributed by atoms with Crippen molar-refractivity contribution < 1.29 is 49.7 Å². The van der Waals surface area contributed by atoms with Gasteiger partial charge in [-0.2, -0.15) is 30.6 Å². The van der Waals surface area contributed by atoms with Gasteiger partial charge in [0.15, 0.2) is 5.82 Å². The van der Waals surface area contributed by atoms with Crippen LogP contribution in [0.15, 0.2) is 35.6 Å². The van der Waals surface area contributed by atoms with E-state index in [4.69, 9.17) is 16.3 Å². The normalized spacial score (nSPS) is 28.2. The van der Waals surface area contributed by atoms with Crippen LogP contribution >= 0.6 is 11.6 Å². The number of aromatic nitrogens is 3. The fourth-order valence-corrected chi connectivity index (χ4v) is 7.39. The lowest BCUT2D eigenvalue weighted by Gasteiger charge is -2.52. The average Bonchev–Trinajstić information content (AvgIpc) is 2.92. The van der Waals surface area contributed by atoms with Crippen LogP contribution in [0.5, 0.6) is 0 Å². The molecule has 2 aromatic rings. The standard InChI is InChI=1S/C24H27ClF6N6O5S/c25-19-2-1-18(9-32-19)43(40,41)36-4-3-35-21(12-36,13-37-15-5-17(38)6-16(37)11-42-10-15)20-33-7-14(8-34-20)22(39,23(26,27)28)24(29,30)31/h1-2,7-9,15-17,35,38-39H,3-6,10-13H2/t15?,16?,17?,21-/m1/s1. The molecule has 3 saturated heterocycles. The third-order valence-corrected chi connectivity index (χ3v) is 10.1. The molecule has 11 nitrogen and oxygen atoms in total. The molecule has 2 unspecified atom stereocenters. The SMILES string of the molecule is O=S(=O)(c1ccc(Cl)nc1)N1CCN[C@](CN2C3COCC2CC(O)C3)(c2ncc(C(O)(C(F)(F)F)C(F)(F)F)cn2)C1. The van der Waals surface area contributed by atoms with E-state index >= 15 is 0 Å². The predicted octanol–water partition coefficient (Wildman–Crippen LogP) is 1.55. The van der Waals surface area contributed by atoms with E-state index < -0.39 is 45.2 Å². The lowest BCUT2D eigenvalue weighted by molar-refractivity contribution is -0.376. The second-order valence-corrected chi connectivity index (χ2v) is 13.1. The number of halogens is 7. The number of nitrogens with one attached hydrogen (secondary N) is 1. The molecule has 2 bridgehead atoms. The zero-order chi connectivity index (χ0) is 31.4. The number of aliphatic hydroxyl groups is 2. The van der Waals surface area contributed by atoms with Gasteiger partial charge < -0.3 is 20.3 Å². The summed E-state index contributed by atoms with van der Waals surface area (Å²) in [6, 6.07) is 1.92. The summed E-state index contributed by atoms with van der Waals surface area (Å²) in [6.07, 6.45) is -10.7. The van der Waals surface area contributed by atoms with Crippen molar-refractivity contribution in [1.29, 1.82) is 0 Å². The fourth-order valence-electron chi connectivity index (χ4n) is 5.83. The van der Waals surface area contributed by atoms with Gasteiger partial charge in [0, 0.05) is 62.4 Å². The second kappa shape index (κ2) is 11.3. The quantitative estimate of drug-likeness (QED) is 0.309. The van der Waals surface area contributed by atoms with Crippen molar-refractivity contribution in [3.8, 4) is 0 Å². The molecule has 0 amide bonds. The molecule has 19 heteroatoms. The summed E-state index contributed by atoms with van der Waals surface area (Å²) >= 11 is 5.80. The summed E-state index contributed by atoms with van der Waals surface area (Å²) in [6.45, 7) is 0.0766. The Balaban J connectivity index is 1.56. The van der Waals surface area contributed by atoms with Crippen molar-refractivity contribution in [3.05, 3.63) is 47.3 Å². The predicted molar refractivity (Wildman–Crippen MR) is 136 cm³/mol. The minimum absolute atomic E-state index is 0.0166. The molecule has 3 N–H and O–H groups in total. The number of sulfonamides is 1. The van der Waals surface area contributed by atoms with Gasteiger partial charge in [-0.1, -0.05) is 11.6 Å². The molecule has 238 valence electrons. The molecule has 2 aromatic heterocycles. The maximum absolute atomic E-state index is 13.6. The topological polar surface area (TPSA) is 141 Å². The number of rotatable bonds is 6. The number of morpholine rings is 1. The highest BCUT2D eigenvalue weighted by atomic mass is 35.5. The summed E-state index contributed by atoms with van der Waals surface area (Å²) < 4.78 is 115. The van der Waals surface area contributed by atoms with Crippen LogP contribution in [0.4, 0.5) is 26.3 Å². The molecule has 3 fully saturated rings. The third-order valence-electron chi connectivity index (χ3n) is 8.03. The zero-order valence-corrected chi connectivity index (χ0v) is 23.8. The first-order valence-corrected chi connectivity index (χ1v) is 14.9. The monoisotopic (exact) mass is 660 g/mol. The van der Waals surface area contributed by atoms with E-state index in [0.717, 1.165) is 10.5 Å². The summed E-state index contributed by atoms with van der Waals surface area (Å²) in [4.78, 5) is 13.3. The van der Waals surface area contributed by atoms with Crippen molar-refractivity contribution in [2.45, 2.75) is 59.4 Å². The van der Waals surface area contributed by atoms with Crippen molar-refractivity contribution in [2.75, 3.05) is 39.4 Å². The Hall–Kier alpha value is -2.19. The number of ether oxygens (including phenoxy) is 1. The Kier molecular flexibility index (Phi) is 8.47. The molecule has 5 heterocycles. The number of hydrogen-bond donors (Lipinski definition) is 3. The molecule has 0 radical (unpaired) electrons. The third kappa shape index (κ3) is 5.83. The van der Waals surface area contributed by atoms with Gasteiger partial charge in [-0.15, -0.1) is 0 Å². The van der Waals surface area contributed by atoms with Crippen LogP contribution < -0.4 is 5.32 Å². The first-order valence-electron chi connectivity index (χ1n) is 13.0. The Morgan fingerprint density at radius 1 is 1.02 bits per heavy atom. The zero-order valence-electron chi connectivity index (χ0n) is 22.2. The Morgan fingerprint density at radius 2 is 1.63 bits per heavy atom. The van der Waals surface area contributed by atoms with Crippen molar-refractivity contribution in [2.24, 2.45) is 0 Å². The Labute approximate surface area is 246 Å². The molecular formula is C24H27ClF6N6O5S. The molecule has 3 aliphatic heterocycles. The number of aliphatic hydroxyl groups excluding tert-OH is 1. The minimum Gasteiger partial charge on any atom is -0.393 e. The summed E-state index contributed by atoms with van der Waals surface area (Å²) in [5.41, 5.74) is -8.42. The molecular weight excluding hydrogens is 634 g/mol. The van der Waals surface area contributed by atoms with E-state index in [1.807, 2.05) is 4.90 Å². The lowest BCUT2D eigenvalue weighted by atomic mass is 9.87. The first-order chi connectivity index (χ1) is 20.0. The number of piperidine rings is 1. The van der Waals surface area contributed by atoms with Crippen molar-refractivity contribution >= 4 is 21.6 Å². The van der Waals surface area contributed by atoms with Gasteiger partial charge in [-0.05, 0) is 25.0 Å². The largest absolute Gasteiger partial charge is 0.430 e. The van der Waals surface area contributed by atoms with E-state index in [2.05, 4.69) is 20.3 Å². The van der Waals surface area contributed by atoms with E-state index in [-0.39, 0.29) is 79.7 Å². The van der Waals surface area contributed by atoms with E-state index in [1.165, 1.54) is 12.1 Å². The molecule has 0 spiro atoms. The van der Waals surface area contributed by atoms with Crippen LogP contribution in [0.3, 0.4) is 0 Å². The van der Waals surface area contributed by atoms with E-state index in [0.29, 0.717) is 12.8 Å². The van der Waals surface area contributed by atoms with Crippen LogP contribution in [0.1, 0.15) is 24.2 Å². The number of fused-ring (bicyclic) bond motifs is 2. The van der Waals surface area contributed by atoms with Gasteiger partial charge in [-0.3, -0.25) is 4.90 Å². The van der Waals surface area contributed by atoms with Gasteiger partial charge in [0.2, 0.25) is 10.0 Å². The number of alkyl halides is 6. The molecule has 0 aromatic carbocycles. The number of nitrogens with zero attached hydrogens (tertiary/aromatic N) is 5. The maximum atomic E-state index is 13.6. The molecule has 3 aliphatic rings. The van der Waals surface area contributed by atoms with E-state index in [9.17, 15) is 45.0 Å². The van der Waals surface area contributed by atoms with Crippen LogP contribution in [-0.4, -0.2) is 113 Å². The molecule has 3 atom stereocenters. The van der Waals surface area contributed by atoms with Crippen molar-refractivity contribution in [3.63, 3.8) is 0 Å². The number of hydrogen-bond acceptors (Lipinski definition) is 10. The second-order valence-electron chi connectivity index (χ2n) is 10.8. The van der Waals surface area contributed by atoms with E-state index in [1.54, 1.807) is 0 Å². The van der Waals surface area contributed by atoms with Gasteiger partial charge in [-0.25, -0.2) is 23.4 Å². The average molecular weight is 661 g/mol. The lowest BCUT2D eigenvalue weighted by Crippen LogP contribution is -2.68. The molecule has 0 aliphatic carbocycles. The molecule has 5 rings (SSSR count). The maximum Gasteiger partial charge on any atom is 0.430 e. The highest BCUT2D eigenvalue weighted by Gasteiger charge is 2.72. The fraction of sp³-hybridized carbons (Fsp3) is 0.625. The summed E-state index contributed by atoms with van der Waals surface area (Å²) in [5.74, 6) is -0.290. The van der Waals surface area contributed by atoms with Crippen LogP contribution in [-0.2, 0) is 25.9 Å². The summed E-state index contributed by atoms with van der Waals surface area (Å²) in [7, 11) is -4.20. The van der Waals surface area contributed by atoms with Crippen LogP contribution in [0.25, 0.3) is 0 Å². The Morgan fingerprint density at radius 3 is 2.16 bits per heavy atom. The van der Waals surface area contributed by atoms with Gasteiger partial charge in [0.25, 0.3) is 5.60 Å². The van der Waals surface area contributed by atoms with Gasteiger partial charge in [0.05, 0.1) is 19.3 Å². The minimum atomic E-state index is -6.14. The van der Waals surface area contributed by atoms with Crippen molar-refractivity contribution in [1.82, 2.24) is 29.5 Å². The van der Waals surface area contributed by atoms with Crippen LogP contribution in [0.2, 0.25) is 5.15 Å². The van der Waals surface area contributed by atoms with Gasteiger partial charge in [0.1, 0.15) is 15.6 Å². The number of pyridine rings is 1. The summed E-state index contributed by atoms with van der Waals surface area (Å²) in [5, 5.41) is 23.4. The van der Waals surface area contributed by atoms with Gasteiger partial charge >= 0.3 is 12.4 Å². The number of piperazine rings is 1. The first kappa shape index (κ1) is 32.2. The highest BCUT2D eigenvalue weighted by molar-refractivity contribution is 7.89. The smallest absolute Gasteiger partial charge is 0.393 e. The van der Waals surface area contributed by atoms with Crippen LogP contribution in [0, 0.1) is 0 Å².